The first-order chi connectivity index (χ1) is 16.1. The third kappa shape index (κ3) is 3.76. The summed E-state index contributed by atoms with van der Waals surface area (Å²) in [5, 5.41) is 13.2. The Kier molecular flexibility index (Phi) is 5.60. The summed E-state index contributed by atoms with van der Waals surface area (Å²) in [7, 11) is 1.58. The number of Topliss-reactive ketones (excluding diaryl/α,β-unsaturated/α-hetero) is 1. The van der Waals surface area contributed by atoms with Crippen LogP contribution in [0.3, 0.4) is 0 Å². The van der Waals surface area contributed by atoms with Gasteiger partial charge in [-0.3, -0.25) is 9.59 Å². The van der Waals surface area contributed by atoms with Gasteiger partial charge in [0, 0.05) is 18.7 Å². The summed E-state index contributed by atoms with van der Waals surface area (Å²) in [6.07, 6.45) is 1.64. The third-order valence-corrected chi connectivity index (χ3v) is 6.44. The molecule has 1 N–H and O–H groups in total. The number of ether oxygens (including phenoxy) is 2. The van der Waals surface area contributed by atoms with Crippen LogP contribution < -0.4 is 4.74 Å². The molecule has 2 fully saturated rings. The van der Waals surface area contributed by atoms with E-state index in [0.29, 0.717) is 24.5 Å². The Bertz CT molecular complexity index is 1240. The number of rotatable bonds is 5. The molecule has 3 aromatic carbocycles. The van der Waals surface area contributed by atoms with Gasteiger partial charge in [0.15, 0.2) is 0 Å². The van der Waals surface area contributed by atoms with Gasteiger partial charge >= 0.3 is 0 Å². The zero-order valence-corrected chi connectivity index (χ0v) is 18.4. The van der Waals surface area contributed by atoms with E-state index < -0.39 is 17.7 Å². The molecule has 0 aromatic heterocycles. The molecule has 5 rings (SSSR count). The van der Waals surface area contributed by atoms with E-state index in [1.165, 1.54) is 4.90 Å². The standard InChI is InChI=1S/C27H25NO5/c1-32-19-13-11-18(12-14-19)24-23(26(30)27(31)28(24)16-20-8-5-15-33-20)25(29)22-10-4-7-17-6-2-3-9-21(17)22/h2-4,6-7,9-14,20,24,29H,5,8,15-16H2,1H3/b25-23-. The summed E-state index contributed by atoms with van der Waals surface area (Å²) in [4.78, 5) is 28.0. The van der Waals surface area contributed by atoms with Crippen LogP contribution in [0, 0.1) is 0 Å². The molecule has 2 atom stereocenters. The lowest BCUT2D eigenvalue weighted by Gasteiger charge is -2.27. The lowest BCUT2D eigenvalue weighted by atomic mass is 9.93. The molecule has 0 spiro atoms. The first kappa shape index (κ1) is 21.2. The van der Waals surface area contributed by atoms with Crippen LogP contribution in [0.4, 0.5) is 0 Å². The molecule has 2 aliphatic rings. The monoisotopic (exact) mass is 443 g/mol. The number of carbonyl (C=O) groups excluding carboxylic acids is 2. The highest BCUT2D eigenvalue weighted by molar-refractivity contribution is 6.46. The largest absolute Gasteiger partial charge is 0.507 e. The normalized spacial score (nSPS) is 22.3. The number of nitrogens with zero attached hydrogens (tertiary/aromatic N) is 1. The average Bonchev–Trinajstić information content (AvgIpc) is 3.46. The molecule has 0 bridgehead atoms. The Balaban J connectivity index is 1.67. The second-order valence-electron chi connectivity index (χ2n) is 8.39. The predicted octanol–water partition coefficient (Wildman–Crippen LogP) is 4.45. The van der Waals surface area contributed by atoms with Crippen molar-refractivity contribution in [2.45, 2.75) is 25.0 Å². The number of ketones is 1. The summed E-state index contributed by atoms with van der Waals surface area (Å²) in [6, 6.07) is 19.7. The van der Waals surface area contributed by atoms with Gasteiger partial charge in [0.2, 0.25) is 0 Å². The SMILES string of the molecule is COc1ccc(C2/C(=C(/O)c3cccc4ccccc34)C(=O)C(=O)N2CC2CCCO2)cc1. The molecule has 2 aliphatic heterocycles. The first-order valence-electron chi connectivity index (χ1n) is 11.1. The summed E-state index contributed by atoms with van der Waals surface area (Å²) in [5.41, 5.74) is 1.36. The smallest absolute Gasteiger partial charge is 0.295 e. The molecule has 33 heavy (non-hydrogen) atoms. The van der Waals surface area contributed by atoms with E-state index in [9.17, 15) is 14.7 Å². The Morgan fingerprint density at radius 1 is 1.06 bits per heavy atom. The van der Waals surface area contributed by atoms with Crippen molar-refractivity contribution >= 4 is 28.2 Å². The highest BCUT2D eigenvalue weighted by atomic mass is 16.5. The van der Waals surface area contributed by atoms with Crippen molar-refractivity contribution in [2.75, 3.05) is 20.3 Å². The molecule has 2 unspecified atom stereocenters. The van der Waals surface area contributed by atoms with Gasteiger partial charge in [-0.2, -0.15) is 0 Å². The number of amides is 1. The Morgan fingerprint density at radius 2 is 1.82 bits per heavy atom. The summed E-state index contributed by atoms with van der Waals surface area (Å²) in [5.74, 6) is -0.794. The fourth-order valence-corrected chi connectivity index (χ4v) is 4.79. The van der Waals surface area contributed by atoms with Crippen molar-refractivity contribution < 1.29 is 24.2 Å². The number of carbonyl (C=O) groups is 2. The summed E-state index contributed by atoms with van der Waals surface area (Å²) in [6.45, 7) is 0.950. The van der Waals surface area contributed by atoms with Gasteiger partial charge in [-0.25, -0.2) is 0 Å². The van der Waals surface area contributed by atoms with Crippen LogP contribution in [0.1, 0.15) is 30.0 Å². The molecule has 0 aliphatic carbocycles. The number of benzene rings is 3. The van der Waals surface area contributed by atoms with Crippen LogP contribution in [0.2, 0.25) is 0 Å². The summed E-state index contributed by atoms with van der Waals surface area (Å²) < 4.78 is 11.0. The second kappa shape index (κ2) is 8.71. The molecule has 6 heteroatoms. The minimum atomic E-state index is -0.709. The molecule has 2 saturated heterocycles. The van der Waals surface area contributed by atoms with E-state index in [4.69, 9.17) is 9.47 Å². The van der Waals surface area contributed by atoms with Crippen LogP contribution in [0.5, 0.6) is 5.75 Å². The van der Waals surface area contributed by atoms with Gasteiger partial charge in [-0.15, -0.1) is 0 Å². The number of aliphatic hydroxyl groups is 1. The quantitative estimate of drug-likeness (QED) is 0.358. The molecular weight excluding hydrogens is 418 g/mol. The van der Waals surface area contributed by atoms with Crippen molar-refractivity contribution in [2.24, 2.45) is 0 Å². The zero-order valence-electron chi connectivity index (χ0n) is 18.4. The van der Waals surface area contributed by atoms with Gasteiger partial charge in [-0.05, 0) is 41.3 Å². The Morgan fingerprint density at radius 3 is 2.55 bits per heavy atom. The average molecular weight is 443 g/mol. The Hall–Kier alpha value is -3.64. The van der Waals surface area contributed by atoms with Crippen LogP contribution in [-0.2, 0) is 14.3 Å². The highest BCUT2D eigenvalue weighted by Gasteiger charge is 2.47. The van der Waals surface area contributed by atoms with Crippen molar-refractivity contribution in [3.8, 4) is 5.75 Å². The third-order valence-electron chi connectivity index (χ3n) is 6.44. The van der Waals surface area contributed by atoms with Crippen molar-refractivity contribution in [1.29, 1.82) is 0 Å². The van der Waals surface area contributed by atoms with Gasteiger partial charge in [-0.1, -0.05) is 54.6 Å². The fourth-order valence-electron chi connectivity index (χ4n) is 4.79. The van der Waals surface area contributed by atoms with E-state index in [1.54, 1.807) is 25.3 Å². The molecule has 0 radical (unpaired) electrons. The molecule has 3 aromatic rings. The van der Waals surface area contributed by atoms with E-state index in [1.807, 2.05) is 48.5 Å². The maximum Gasteiger partial charge on any atom is 0.295 e. The predicted molar refractivity (Wildman–Crippen MR) is 125 cm³/mol. The number of fused-ring (bicyclic) bond motifs is 1. The van der Waals surface area contributed by atoms with Gasteiger partial charge in [0.25, 0.3) is 11.7 Å². The number of aliphatic hydroxyl groups excluding tert-OH is 1. The lowest BCUT2D eigenvalue weighted by Crippen LogP contribution is -2.36. The molecular formula is C27H25NO5. The van der Waals surface area contributed by atoms with Crippen molar-refractivity contribution in [1.82, 2.24) is 4.90 Å². The van der Waals surface area contributed by atoms with Gasteiger partial charge in [0.1, 0.15) is 11.5 Å². The van der Waals surface area contributed by atoms with Crippen LogP contribution >= 0.6 is 0 Å². The summed E-state index contributed by atoms with van der Waals surface area (Å²) >= 11 is 0. The van der Waals surface area contributed by atoms with Crippen LogP contribution in [0.15, 0.2) is 72.3 Å². The molecule has 0 saturated carbocycles. The highest BCUT2D eigenvalue weighted by Crippen LogP contribution is 2.41. The van der Waals surface area contributed by atoms with Crippen LogP contribution in [0.25, 0.3) is 16.5 Å². The number of hydrogen-bond acceptors (Lipinski definition) is 5. The van der Waals surface area contributed by atoms with Gasteiger partial charge in [0.05, 0.1) is 24.8 Å². The zero-order chi connectivity index (χ0) is 22.9. The van der Waals surface area contributed by atoms with E-state index in [0.717, 1.165) is 29.2 Å². The second-order valence-corrected chi connectivity index (χ2v) is 8.39. The van der Waals surface area contributed by atoms with E-state index >= 15 is 0 Å². The molecule has 1 amide bonds. The maximum atomic E-state index is 13.3. The molecule has 6 nitrogen and oxygen atoms in total. The molecule has 2 heterocycles. The van der Waals surface area contributed by atoms with Crippen LogP contribution in [-0.4, -0.2) is 48.1 Å². The lowest BCUT2D eigenvalue weighted by molar-refractivity contribution is -0.140. The maximum absolute atomic E-state index is 13.3. The topological polar surface area (TPSA) is 76.1 Å². The number of methoxy groups -OCH3 is 1. The Labute approximate surface area is 192 Å². The van der Waals surface area contributed by atoms with E-state index in [2.05, 4.69) is 0 Å². The fraction of sp³-hybridized carbons (Fsp3) is 0.259. The minimum Gasteiger partial charge on any atom is -0.507 e. The number of likely N-dealkylation sites (tertiary alicyclic amines) is 1. The van der Waals surface area contributed by atoms with E-state index in [-0.39, 0.29) is 17.4 Å². The number of hydrogen-bond donors (Lipinski definition) is 1. The minimum absolute atomic E-state index is 0.0968. The first-order valence-corrected chi connectivity index (χ1v) is 11.1. The molecule has 168 valence electrons. The van der Waals surface area contributed by atoms with Crippen molar-refractivity contribution in [3.05, 3.63) is 83.4 Å². The van der Waals surface area contributed by atoms with Crippen molar-refractivity contribution in [3.63, 3.8) is 0 Å². The van der Waals surface area contributed by atoms with Gasteiger partial charge < -0.3 is 19.5 Å².